The number of carbonyl (C=O) groups is 1. The van der Waals surface area contributed by atoms with E-state index in [-0.39, 0.29) is 5.91 Å². The van der Waals surface area contributed by atoms with Crippen molar-refractivity contribution >= 4 is 5.91 Å². The van der Waals surface area contributed by atoms with Crippen molar-refractivity contribution in [3.8, 4) is 11.1 Å². The normalized spacial score (nSPS) is 10.7. The second-order valence-electron chi connectivity index (χ2n) is 6.12. The van der Waals surface area contributed by atoms with Gasteiger partial charge in [0.25, 0.3) is 0 Å². The van der Waals surface area contributed by atoms with Gasteiger partial charge in [-0.15, -0.1) is 0 Å². The lowest BCUT2D eigenvalue weighted by molar-refractivity contribution is -0.120. The first-order chi connectivity index (χ1) is 10.6. The van der Waals surface area contributed by atoms with E-state index in [2.05, 4.69) is 67.7 Å². The monoisotopic (exact) mass is 295 g/mol. The van der Waals surface area contributed by atoms with Crippen LogP contribution in [0.1, 0.15) is 38.3 Å². The Kier molecular flexibility index (Phi) is 5.76. The van der Waals surface area contributed by atoms with Gasteiger partial charge in [-0.25, -0.2) is 0 Å². The second kappa shape index (κ2) is 7.79. The molecule has 0 unspecified atom stereocenters. The van der Waals surface area contributed by atoms with Gasteiger partial charge in [0.15, 0.2) is 0 Å². The van der Waals surface area contributed by atoms with Gasteiger partial charge >= 0.3 is 0 Å². The van der Waals surface area contributed by atoms with E-state index in [4.69, 9.17) is 0 Å². The third kappa shape index (κ3) is 4.73. The van der Waals surface area contributed by atoms with Crippen molar-refractivity contribution < 1.29 is 4.79 Å². The van der Waals surface area contributed by atoms with Crippen molar-refractivity contribution in [1.29, 1.82) is 0 Å². The third-order valence-corrected chi connectivity index (χ3v) is 3.70. The highest BCUT2D eigenvalue weighted by Crippen LogP contribution is 2.21. The highest BCUT2D eigenvalue weighted by Gasteiger charge is 2.02. The van der Waals surface area contributed by atoms with Crippen molar-refractivity contribution in [2.75, 3.05) is 0 Å². The van der Waals surface area contributed by atoms with Crippen LogP contribution in [0.15, 0.2) is 48.5 Å². The Hall–Kier alpha value is -2.09. The molecular formula is C20H25NO. The topological polar surface area (TPSA) is 29.1 Å². The molecule has 116 valence electrons. The summed E-state index contributed by atoms with van der Waals surface area (Å²) in [5, 5.41) is 2.89. The Morgan fingerprint density at radius 2 is 1.41 bits per heavy atom. The molecule has 2 heteroatoms. The first kappa shape index (κ1) is 16.3. The van der Waals surface area contributed by atoms with Crippen LogP contribution in [-0.4, -0.2) is 5.91 Å². The molecule has 0 atom stereocenters. The van der Waals surface area contributed by atoms with Gasteiger partial charge in [-0.2, -0.15) is 0 Å². The molecule has 0 aromatic heterocycles. The summed E-state index contributed by atoms with van der Waals surface area (Å²) >= 11 is 0. The minimum Gasteiger partial charge on any atom is -0.352 e. The average molecular weight is 295 g/mol. The van der Waals surface area contributed by atoms with E-state index in [9.17, 15) is 4.79 Å². The first-order valence-corrected chi connectivity index (χ1v) is 8.03. The van der Waals surface area contributed by atoms with Crippen LogP contribution in [0.2, 0.25) is 0 Å². The van der Waals surface area contributed by atoms with Gasteiger partial charge in [-0.3, -0.25) is 4.79 Å². The summed E-state index contributed by atoms with van der Waals surface area (Å²) in [6, 6.07) is 17.2. The van der Waals surface area contributed by atoms with Crippen LogP contribution in [0.25, 0.3) is 11.1 Å². The molecule has 0 aliphatic rings. The molecular weight excluding hydrogens is 270 g/mol. The smallest absolute Gasteiger partial charge is 0.219 e. The summed E-state index contributed by atoms with van der Waals surface area (Å²) < 4.78 is 0. The van der Waals surface area contributed by atoms with Gasteiger partial charge in [0, 0.05) is 13.0 Å². The zero-order valence-electron chi connectivity index (χ0n) is 13.7. The Bertz CT molecular complexity index is 597. The van der Waals surface area contributed by atoms with Gasteiger partial charge in [-0.1, -0.05) is 69.3 Å². The van der Waals surface area contributed by atoms with Crippen LogP contribution in [0.5, 0.6) is 0 Å². The molecule has 0 fully saturated rings. The molecule has 0 spiro atoms. The van der Waals surface area contributed by atoms with Crippen molar-refractivity contribution in [2.45, 2.75) is 40.2 Å². The van der Waals surface area contributed by atoms with E-state index in [1.165, 1.54) is 16.7 Å². The van der Waals surface area contributed by atoms with Crippen LogP contribution in [0.3, 0.4) is 0 Å². The van der Waals surface area contributed by atoms with Crippen LogP contribution < -0.4 is 5.32 Å². The molecule has 22 heavy (non-hydrogen) atoms. The highest BCUT2D eigenvalue weighted by atomic mass is 16.1. The number of benzene rings is 2. The molecule has 1 amide bonds. The molecule has 0 aliphatic carbocycles. The summed E-state index contributed by atoms with van der Waals surface area (Å²) in [5.41, 5.74) is 4.96. The molecule has 1 N–H and O–H groups in total. The maximum atomic E-state index is 11.3. The summed E-state index contributed by atoms with van der Waals surface area (Å²) in [4.78, 5) is 11.3. The first-order valence-electron chi connectivity index (χ1n) is 8.03. The molecule has 0 aliphatic heterocycles. The third-order valence-electron chi connectivity index (χ3n) is 3.70. The zero-order valence-corrected chi connectivity index (χ0v) is 13.7. The number of amides is 1. The van der Waals surface area contributed by atoms with E-state index < -0.39 is 0 Å². The molecule has 2 aromatic carbocycles. The van der Waals surface area contributed by atoms with E-state index >= 15 is 0 Å². The van der Waals surface area contributed by atoms with E-state index in [0.717, 1.165) is 12.0 Å². The fraction of sp³-hybridized carbons (Fsp3) is 0.350. The van der Waals surface area contributed by atoms with Gasteiger partial charge < -0.3 is 5.32 Å². The maximum Gasteiger partial charge on any atom is 0.219 e. The second-order valence-corrected chi connectivity index (χ2v) is 6.12. The summed E-state index contributed by atoms with van der Waals surface area (Å²) in [7, 11) is 0. The number of rotatable bonds is 6. The quantitative estimate of drug-likeness (QED) is 0.830. The zero-order chi connectivity index (χ0) is 15.9. The standard InChI is InChI=1S/C20H25NO/c1-4-20(22)21-14-17-7-11-19(12-8-17)18-9-5-16(6-10-18)13-15(2)3/h5-12,15H,4,13-14H2,1-3H3,(H,21,22). The number of nitrogens with one attached hydrogen (secondary N) is 1. The van der Waals surface area contributed by atoms with Crippen molar-refractivity contribution in [2.24, 2.45) is 5.92 Å². The Balaban J connectivity index is 2.02. The fourth-order valence-corrected chi connectivity index (χ4v) is 2.45. The molecule has 2 aromatic rings. The predicted molar refractivity (Wildman–Crippen MR) is 92.6 cm³/mol. The summed E-state index contributed by atoms with van der Waals surface area (Å²) in [6.07, 6.45) is 1.65. The molecule has 0 heterocycles. The molecule has 2 nitrogen and oxygen atoms in total. The maximum absolute atomic E-state index is 11.3. The Labute approximate surface area is 133 Å². The van der Waals surface area contributed by atoms with Gasteiger partial charge in [0.05, 0.1) is 0 Å². The number of carbonyl (C=O) groups excluding carboxylic acids is 1. The number of hydrogen-bond donors (Lipinski definition) is 1. The summed E-state index contributed by atoms with van der Waals surface area (Å²) in [6.45, 7) is 6.94. The molecule has 0 saturated carbocycles. The highest BCUT2D eigenvalue weighted by molar-refractivity contribution is 5.75. The largest absolute Gasteiger partial charge is 0.352 e. The predicted octanol–water partition coefficient (Wildman–Crippen LogP) is 4.58. The van der Waals surface area contributed by atoms with E-state index in [0.29, 0.717) is 18.9 Å². The molecule has 0 radical (unpaired) electrons. The average Bonchev–Trinajstić information content (AvgIpc) is 2.53. The van der Waals surface area contributed by atoms with Gasteiger partial charge in [0.2, 0.25) is 5.91 Å². The lowest BCUT2D eigenvalue weighted by atomic mass is 9.98. The minimum atomic E-state index is 0.0878. The van der Waals surface area contributed by atoms with E-state index in [1.807, 2.05) is 6.92 Å². The van der Waals surface area contributed by atoms with Crippen molar-refractivity contribution in [3.05, 3.63) is 59.7 Å². The van der Waals surface area contributed by atoms with Crippen LogP contribution in [0, 0.1) is 5.92 Å². The SMILES string of the molecule is CCC(=O)NCc1ccc(-c2ccc(CC(C)C)cc2)cc1. The van der Waals surface area contributed by atoms with Crippen molar-refractivity contribution in [1.82, 2.24) is 5.32 Å². The molecule has 0 saturated heterocycles. The van der Waals surface area contributed by atoms with E-state index in [1.54, 1.807) is 0 Å². The lowest BCUT2D eigenvalue weighted by Gasteiger charge is -2.08. The van der Waals surface area contributed by atoms with Gasteiger partial charge in [0.1, 0.15) is 0 Å². The Morgan fingerprint density at radius 3 is 1.86 bits per heavy atom. The molecule has 2 rings (SSSR count). The Morgan fingerprint density at radius 1 is 0.909 bits per heavy atom. The molecule has 0 bridgehead atoms. The van der Waals surface area contributed by atoms with Crippen LogP contribution >= 0.6 is 0 Å². The minimum absolute atomic E-state index is 0.0878. The van der Waals surface area contributed by atoms with Crippen LogP contribution in [0.4, 0.5) is 0 Å². The number of hydrogen-bond acceptors (Lipinski definition) is 1. The lowest BCUT2D eigenvalue weighted by Crippen LogP contribution is -2.21. The fourth-order valence-electron chi connectivity index (χ4n) is 2.45. The van der Waals surface area contributed by atoms with Gasteiger partial charge in [-0.05, 0) is 34.6 Å². The van der Waals surface area contributed by atoms with Crippen LogP contribution in [-0.2, 0) is 17.8 Å². The summed E-state index contributed by atoms with van der Waals surface area (Å²) in [5.74, 6) is 0.772. The van der Waals surface area contributed by atoms with Crippen molar-refractivity contribution in [3.63, 3.8) is 0 Å².